The van der Waals surface area contributed by atoms with E-state index in [0.717, 1.165) is 19.1 Å². The molecule has 0 N–H and O–H groups in total. The molecule has 0 aliphatic carbocycles. The van der Waals surface area contributed by atoms with E-state index < -0.39 is 0 Å². The van der Waals surface area contributed by atoms with Gasteiger partial charge in [0.05, 0.1) is 0 Å². The monoisotopic (exact) mass is 160 g/mol. The van der Waals surface area contributed by atoms with Gasteiger partial charge in [0.25, 0.3) is 0 Å². The van der Waals surface area contributed by atoms with Gasteiger partial charge in [-0.25, -0.2) is 0 Å². The summed E-state index contributed by atoms with van der Waals surface area (Å²) < 4.78 is 4.83. The van der Waals surface area contributed by atoms with Crippen LogP contribution in [0.25, 0.3) is 0 Å². The molecule has 0 radical (unpaired) electrons. The molecule has 1 heteroatoms. The van der Waals surface area contributed by atoms with Crippen LogP contribution in [0, 0.1) is 5.92 Å². The Kier molecular flexibility index (Phi) is 15.5. The smallest absolute Gasteiger partial charge is 0.0437 e. The Morgan fingerprint density at radius 3 is 1.27 bits per heavy atom. The molecule has 0 amide bonds. The lowest BCUT2D eigenvalue weighted by Crippen LogP contribution is -1.85. The van der Waals surface area contributed by atoms with Gasteiger partial charge in [-0.1, -0.05) is 33.6 Å². The van der Waals surface area contributed by atoms with Crippen molar-refractivity contribution in [3.8, 4) is 0 Å². The highest BCUT2D eigenvalue weighted by molar-refractivity contribution is 4.41. The minimum absolute atomic E-state index is 0.844. The van der Waals surface area contributed by atoms with Crippen molar-refractivity contribution in [2.75, 3.05) is 13.2 Å². The fraction of sp³-hybridized carbons (Fsp3) is 1.00. The molecule has 0 spiro atoms. The predicted molar refractivity (Wildman–Crippen MR) is 51.9 cm³/mol. The largest absolute Gasteiger partial charge is 0.382 e. The minimum Gasteiger partial charge on any atom is -0.382 e. The Morgan fingerprint density at radius 2 is 1.27 bits per heavy atom. The van der Waals surface area contributed by atoms with Gasteiger partial charge in [0, 0.05) is 13.2 Å². The first-order valence-corrected chi connectivity index (χ1v) is 4.80. The zero-order valence-electron chi connectivity index (χ0n) is 8.81. The topological polar surface area (TPSA) is 9.23 Å². The summed E-state index contributed by atoms with van der Waals surface area (Å²) in [7, 11) is 0. The summed E-state index contributed by atoms with van der Waals surface area (Å²) in [6.45, 7) is 12.4. The molecule has 11 heavy (non-hydrogen) atoms. The van der Waals surface area contributed by atoms with Crippen molar-refractivity contribution in [3.05, 3.63) is 0 Å². The molecular formula is C10H24O. The highest BCUT2D eigenvalue weighted by Crippen LogP contribution is 2.02. The maximum atomic E-state index is 4.83. The summed E-state index contributed by atoms with van der Waals surface area (Å²) in [5.74, 6) is 0.935. The van der Waals surface area contributed by atoms with E-state index >= 15 is 0 Å². The molecule has 0 aromatic carbocycles. The number of hydrogen-bond donors (Lipinski definition) is 0. The lowest BCUT2D eigenvalue weighted by Gasteiger charge is -1.98. The van der Waals surface area contributed by atoms with E-state index in [4.69, 9.17) is 4.74 Å². The second-order valence-electron chi connectivity index (χ2n) is 2.70. The molecule has 0 aromatic heterocycles. The Morgan fingerprint density at radius 1 is 0.909 bits per heavy atom. The van der Waals surface area contributed by atoms with Crippen LogP contribution in [0.5, 0.6) is 0 Å². The van der Waals surface area contributed by atoms with Gasteiger partial charge in [0.2, 0.25) is 0 Å². The fourth-order valence-corrected chi connectivity index (χ4v) is 0.493. The number of hydrogen-bond acceptors (Lipinski definition) is 1. The van der Waals surface area contributed by atoms with E-state index in [9.17, 15) is 0 Å². The van der Waals surface area contributed by atoms with E-state index in [-0.39, 0.29) is 0 Å². The van der Waals surface area contributed by atoms with Gasteiger partial charge in [0.1, 0.15) is 0 Å². The van der Waals surface area contributed by atoms with Crippen LogP contribution < -0.4 is 0 Å². The molecule has 0 aliphatic rings. The Balaban J connectivity index is 0. The third-order valence-corrected chi connectivity index (χ3v) is 1.80. The zero-order valence-corrected chi connectivity index (χ0v) is 8.81. The molecule has 0 saturated heterocycles. The van der Waals surface area contributed by atoms with Gasteiger partial charge in [0.15, 0.2) is 0 Å². The van der Waals surface area contributed by atoms with Crippen LogP contribution in [0.15, 0.2) is 0 Å². The summed E-state index contributed by atoms with van der Waals surface area (Å²) >= 11 is 0. The van der Waals surface area contributed by atoms with E-state index in [0.29, 0.717) is 0 Å². The average molecular weight is 160 g/mol. The van der Waals surface area contributed by atoms with Crippen LogP contribution in [-0.2, 0) is 4.74 Å². The lowest BCUT2D eigenvalue weighted by molar-refractivity contribution is 0.162. The molecule has 0 bridgehead atoms. The maximum Gasteiger partial charge on any atom is 0.0437 e. The van der Waals surface area contributed by atoms with E-state index in [1.54, 1.807) is 0 Å². The molecule has 70 valence electrons. The van der Waals surface area contributed by atoms with Crippen molar-refractivity contribution in [2.24, 2.45) is 5.92 Å². The van der Waals surface area contributed by atoms with Crippen molar-refractivity contribution in [2.45, 2.75) is 47.5 Å². The summed E-state index contributed by atoms with van der Waals surface area (Å²) in [6.07, 6.45) is 2.66. The normalized spacial score (nSPS) is 9.27. The van der Waals surface area contributed by atoms with E-state index in [1.807, 2.05) is 13.8 Å². The van der Waals surface area contributed by atoms with Crippen molar-refractivity contribution >= 4 is 0 Å². The van der Waals surface area contributed by atoms with Crippen LogP contribution in [0.3, 0.4) is 0 Å². The molecule has 0 saturated carbocycles. The van der Waals surface area contributed by atoms with Gasteiger partial charge < -0.3 is 4.74 Å². The highest BCUT2D eigenvalue weighted by atomic mass is 16.5. The molecule has 1 nitrogen and oxygen atoms in total. The minimum atomic E-state index is 0.844. The second kappa shape index (κ2) is 12.6. The summed E-state index contributed by atoms with van der Waals surface area (Å²) in [5.41, 5.74) is 0. The van der Waals surface area contributed by atoms with E-state index in [2.05, 4.69) is 20.8 Å². The molecule has 0 aromatic rings. The third kappa shape index (κ3) is 17.8. The first-order valence-electron chi connectivity index (χ1n) is 4.80. The number of rotatable bonds is 4. The van der Waals surface area contributed by atoms with Crippen LogP contribution >= 0.6 is 0 Å². The first-order chi connectivity index (χ1) is 5.22. The summed E-state index contributed by atoms with van der Waals surface area (Å²) in [6, 6.07) is 0. The fourth-order valence-electron chi connectivity index (χ4n) is 0.493. The van der Waals surface area contributed by atoms with Crippen LogP contribution in [0.4, 0.5) is 0 Å². The SMILES string of the molecule is CCC(C)CC.CCOCC. The Labute approximate surface area is 72.1 Å². The summed E-state index contributed by atoms with van der Waals surface area (Å²) in [4.78, 5) is 0. The zero-order chi connectivity index (χ0) is 9.11. The quantitative estimate of drug-likeness (QED) is 0.611. The third-order valence-electron chi connectivity index (χ3n) is 1.80. The highest BCUT2D eigenvalue weighted by Gasteiger charge is 1.88. The summed E-state index contributed by atoms with van der Waals surface area (Å²) in [5, 5.41) is 0. The van der Waals surface area contributed by atoms with Gasteiger partial charge in [-0.15, -0.1) is 0 Å². The molecule has 0 unspecified atom stereocenters. The van der Waals surface area contributed by atoms with Crippen LogP contribution in [0.2, 0.25) is 0 Å². The van der Waals surface area contributed by atoms with Gasteiger partial charge >= 0.3 is 0 Å². The van der Waals surface area contributed by atoms with Crippen molar-refractivity contribution < 1.29 is 4.74 Å². The van der Waals surface area contributed by atoms with Crippen molar-refractivity contribution in [1.29, 1.82) is 0 Å². The van der Waals surface area contributed by atoms with E-state index in [1.165, 1.54) is 12.8 Å². The maximum absolute atomic E-state index is 4.83. The van der Waals surface area contributed by atoms with Crippen LogP contribution in [0.1, 0.15) is 47.5 Å². The molecule has 0 heterocycles. The molecule has 0 rings (SSSR count). The predicted octanol–water partition coefficient (Wildman–Crippen LogP) is 3.49. The lowest BCUT2D eigenvalue weighted by atomic mass is 10.1. The number of ether oxygens (including phenoxy) is 1. The Bertz CT molecular complexity index is 46.8. The van der Waals surface area contributed by atoms with Gasteiger partial charge in [-0.2, -0.15) is 0 Å². The average Bonchev–Trinajstić information content (AvgIpc) is 2.06. The molecule has 0 fully saturated rings. The molecule has 0 aliphatic heterocycles. The molecule has 0 atom stereocenters. The van der Waals surface area contributed by atoms with Crippen molar-refractivity contribution in [1.82, 2.24) is 0 Å². The van der Waals surface area contributed by atoms with Gasteiger partial charge in [-0.05, 0) is 19.8 Å². The second-order valence-corrected chi connectivity index (χ2v) is 2.70. The van der Waals surface area contributed by atoms with Crippen molar-refractivity contribution in [3.63, 3.8) is 0 Å². The first kappa shape index (κ1) is 13.5. The van der Waals surface area contributed by atoms with Crippen LogP contribution in [-0.4, -0.2) is 13.2 Å². The molecular weight excluding hydrogens is 136 g/mol. The standard InChI is InChI=1S/C6H14.C4H10O/c1-4-6(3)5-2;1-3-5-4-2/h6H,4-5H2,1-3H3;3-4H2,1-2H3. The Hall–Kier alpha value is -0.0400. The van der Waals surface area contributed by atoms with Gasteiger partial charge in [-0.3, -0.25) is 0 Å².